The summed E-state index contributed by atoms with van der Waals surface area (Å²) in [5.41, 5.74) is 4.32. The van der Waals surface area contributed by atoms with Gasteiger partial charge in [0.05, 0.1) is 11.3 Å². The van der Waals surface area contributed by atoms with E-state index in [-0.39, 0.29) is 6.85 Å². The van der Waals surface area contributed by atoms with Crippen molar-refractivity contribution in [3.63, 3.8) is 0 Å². The van der Waals surface area contributed by atoms with E-state index in [9.17, 15) is 5.11 Å². The molecule has 3 N–H and O–H groups in total. The molecule has 4 saturated carbocycles. The van der Waals surface area contributed by atoms with Crippen molar-refractivity contribution in [3.8, 4) is 0 Å². The summed E-state index contributed by atoms with van der Waals surface area (Å²) in [6, 6.07) is 2.14. The lowest BCUT2D eigenvalue weighted by molar-refractivity contribution is -0.137. The average Bonchev–Trinajstić information content (AvgIpc) is 3.03. The lowest BCUT2D eigenvalue weighted by atomic mass is 9.48. The topological polar surface area (TPSA) is 73.3 Å². The Kier molecular flexibility index (Phi) is 2.68. The van der Waals surface area contributed by atoms with Crippen molar-refractivity contribution in [2.75, 3.05) is 0 Å². The van der Waals surface area contributed by atoms with Crippen LogP contribution >= 0.6 is 0 Å². The fourth-order valence-electron chi connectivity index (χ4n) is 6.60. The van der Waals surface area contributed by atoms with Crippen molar-refractivity contribution in [1.82, 2.24) is 15.3 Å². The van der Waals surface area contributed by atoms with Gasteiger partial charge >= 0.3 is 6.85 Å². The van der Waals surface area contributed by atoms with Crippen LogP contribution in [0.2, 0.25) is 6.82 Å². The van der Waals surface area contributed by atoms with Crippen LogP contribution in [0.15, 0.2) is 23.6 Å². The molecule has 2 aromatic heterocycles. The van der Waals surface area contributed by atoms with E-state index in [0.29, 0.717) is 17.8 Å². The number of H-pyrrole nitrogens is 1. The molecule has 4 fully saturated rings. The van der Waals surface area contributed by atoms with Gasteiger partial charge in [-0.25, -0.2) is 4.98 Å². The number of aliphatic hydroxyl groups is 1. The molecule has 4 aliphatic carbocycles. The molecule has 25 heavy (non-hydrogen) atoms. The number of rotatable bonds is 1. The van der Waals surface area contributed by atoms with E-state index in [0.717, 1.165) is 30.8 Å². The Bertz CT molecular complexity index is 890. The number of fused-ring (bicyclic) bond motifs is 3. The second-order valence-electron chi connectivity index (χ2n) is 8.90. The Hall–Kier alpha value is -1.82. The molecule has 4 bridgehead atoms. The summed E-state index contributed by atoms with van der Waals surface area (Å²) >= 11 is 0. The lowest BCUT2D eigenvalue weighted by Crippen LogP contribution is -2.58. The molecule has 6 heteroatoms. The number of aromatic amines is 1. The van der Waals surface area contributed by atoms with Crippen molar-refractivity contribution in [2.45, 2.75) is 44.5 Å². The highest BCUT2D eigenvalue weighted by Gasteiger charge is 2.56. The number of pyridine rings is 1. The van der Waals surface area contributed by atoms with Crippen LogP contribution in [0.5, 0.6) is 0 Å². The molecule has 0 radical (unpaired) electrons. The van der Waals surface area contributed by atoms with Gasteiger partial charge in [-0.3, -0.25) is 0 Å². The maximum atomic E-state index is 10.9. The van der Waals surface area contributed by atoms with E-state index in [4.69, 9.17) is 5.10 Å². The molecule has 2 atom stereocenters. The zero-order chi connectivity index (χ0) is 16.8. The molecule has 0 aromatic carbocycles. The molecular formula is C19H23BN4O. The van der Waals surface area contributed by atoms with Gasteiger partial charge in [0, 0.05) is 29.3 Å². The number of nitrogens with one attached hydrogen (secondary N) is 2. The summed E-state index contributed by atoms with van der Waals surface area (Å²) < 4.78 is 0. The fourth-order valence-corrected chi connectivity index (χ4v) is 6.60. The minimum atomic E-state index is -0.395. The highest BCUT2D eigenvalue weighted by Crippen LogP contribution is 2.59. The van der Waals surface area contributed by atoms with E-state index in [1.54, 1.807) is 0 Å². The molecule has 7 rings (SSSR count). The third-order valence-corrected chi connectivity index (χ3v) is 7.27. The third-order valence-electron chi connectivity index (χ3n) is 7.27. The Morgan fingerprint density at radius 3 is 2.80 bits per heavy atom. The van der Waals surface area contributed by atoms with E-state index >= 15 is 0 Å². The zero-order valence-electron chi connectivity index (χ0n) is 14.5. The zero-order valence-corrected chi connectivity index (χ0v) is 14.5. The monoisotopic (exact) mass is 334 g/mol. The van der Waals surface area contributed by atoms with Gasteiger partial charge in [-0.05, 0) is 61.4 Å². The van der Waals surface area contributed by atoms with Gasteiger partial charge in [-0.2, -0.15) is 5.10 Å². The van der Waals surface area contributed by atoms with E-state index in [1.807, 2.05) is 12.4 Å². The maximum Gasteiger partial charge on any atom is 0.304 e. The summed E-state index contributed by atoms with van der Waals surface area (Å²) in [6.07, 6.45) is 9.43. The highest BCUT2D eigenvalue weighted by molar-refractivity contribution is 6.72. The first kappa shape index (κ1) is 14.4. The van der Waals surface area contributed by atoms with Crippen LogP contribution in [0.1, 0.15) is 37.7 Å². The van der Waals surface area contributed by atoms with Crippen LogP contribution in [-0.2, 0) is 0 Å². The van der Waals surface area contributed by atoms with Crippen molar-refractivity contribution in [3.05, 3.63) is 24.0 Å². The number of hydrogen-bond donors (Lipinski definition) is 3. The first-order chi connectivity index (χ1) is 12.1. The minimum Gasteiger partial charge on any atom is -0.390 e. The van der Waals surface area contributed by atoms with Crippen molar-refractivity contribution < 1.29 is 5.11 Å². The number of hydrogen-bond acceptors (Lipinski definition) is 4. The van der Waals surface area contributed by atoms with Crippen molar-refractivity contribution in [1.29, 1.82) is 0 Å². The summed E-state index contributed by atoms with van der Waals surface area (Å²) in [5.74, 6) is 2.33. The summed E-state index contributed by atoms with van der Waals surface area (Å²) in [5, 5.41) is 20.3. The molecule has 0 amide bonds. The van der Waals surface area contributed by atoms with Gasteiger partial charge in [0.1, 0.15) is 5.65 Å². The third kappa shape index (κ3) is 1.89. The van der Waals surface area contributed by atoms with Gasteiger partial charge < -0.3 is 15.4 Å². The SMILES string of the molecule is CB1NN=C(C2[C@H]3CC4C[C@H]2CC(O)(C4)C3)c2c1cnc1[nH]ccc21. The van der Waals surface area contributed by atoms with Crippen LogP contribution < -0.4 is 10.8 Å². The highest BCUT2D eigenvalue weighted by atomic mass is 16.3. The molecule has 5 nitrogen and oxygen atoms in total. The first-order valence-corrected chi connectivity index (χ1v) is 9.63. The Morgan fingerprint density at radius 2 is 2.04 bits per heavy atom. The molecule has 5 aliphatic rings. The number of hydrazone groups is 1. The van der Waals surface area contributed by atoms with Gasteiger partial charge in [-0.15, -0.1) is 0 Å². The molecule has 3 heterocycles. The molecule has 1 aliphatic heterocycles. The number of nitrogens with zero attached hydrogens (tertiary/aromatic N) is 2. The lowest BCUT2D eigenvalue weighted by Gasteiger charge is -2.58. The molecular weight excluding hydrogens is 311 g/mol. The van der Waals surface area contributed by atoms with Gasteiger partial charge in [-0.1, -0.05) is 6.82 Å². The second-order valence-corrected chi connectivity index (χ2v) is 8.90. The van der Waals surface area contributed by atoms with Gasteiger partial charge in [0.15, 0.2) is 0 Å². The predicted molar refractivity (Wildman–Crippen MR) is 99.0 cm³/mol. The van der Waals surface area contributed by atoms with Crippen LogP contribution in [0.4, 0.5) is 0 Å². The Morgan fingerprint density at radius 1 is 1.24 bits per heavy atom. The summed E-state index contributed by atoms with van der Waals surface area (Å²) in [6.45, 7) is 2.34. The maximum absolute atomic E-state index is 10.9. The largest absolute Gasteiger partial charge is 0.390 e. The quantitative estimate of drug-likeness (QED) is 0.697. The Labute approximate surface area is 147 Å². The number of aromatic nitrogens is 2. The molecule has 2 aromatic rings. The smallest absolute Gasteiger partial charge is 0.304 e. The standard InChI is InChI=1S/C19H23BN4O/c1-20-14-9-22-18-13(2-3-21-18)16(14)17(23-24-20)15-11-4-10-5-12(15)8-19(25,6-10)7-11/h2-3,9-12,15,24-25H,4-8H2,1H3,(H,21,22)/t10?,11-,12-,15?,19?/m0/s1. The van der Waals surface area contributed by atoms with E-state index < -0.39 is 5.60 Å². The van der Waals surface area contributed by atoms with Crippen LogP contribution in [0.3, 0.4) is 0 Å². The molecule has 128 valence electrons. The Balaban J connectivity index is 1.51. The molecule has 0 saturated heterocycles. The minimum absolute atomic E-state index is 0.187. The van der Waals surface area contributed by atoms with Crippen LogP contribution in [0, 0.1) is 23.7 Å². The van der Waals surface area contributed by atoms with Crippen molar-refractivity contribution >= 4 is 29.1 Å². The van der Waals surface area contributed by atoms with Crippen LogP contribution in [-0.4, -0.2) is 33.2 Å². The summed E-state index contributed by atoms with van der Waals surface area (Å²) in [4.78, 5) is 7.85. The summed E-state index contributed by atoms with van der Waals surface area (Å²) in [7, 11) is 0. The average molecular weight is 334 g/mol. The second kappa shape index (κ2) is 4.67. The van der Waals surface area contributed by atoms with Gasteiger partial charge in [0.2, 0.25) is 0 Å². The predicted octanol–water partition coefficient (Wildman–Crippen LogP) is 1.89. The fraction of sp³-hybridized carbons (Fsp3) is 0.579. The normalized spacial score (nSPS) is 38.6. The molecule has 0 unspecified atom stereocenters. The molecule has 0 spiro atoms. The first-order valence-electron chi connectivity index (χ1n) is 9.63. The van der Waals surface area contributed by atoms with E-state index in [2.05, 4.69) is 28.2 Å². The van der Waals surface area contributed by atoms with E-state index in [1.165, 1.54) is 35.0 Å². The van der Waals surface area contributed by atoms with Crippen molar-refractivity contribution in [2.24, 2.45) is 28.8 Å². The van der Waals surface area contributed by atoms with Crippen LogP contribution in [0.25, 0.3) is 11.0 Å². The van der Waals surface area contributed by atoms with Gasteiger partial charge in [0.25, 0.3) is 0 Å².